The average Bonchev–Trinajstić information content (AvgIpc) is 3.34. The van der Waals surface area contributed by atoms with E-state index in [-0.39, 0.29) is 12.4 Å². The molecule has 1 aliphatic rings. The van der Waals surface area contributed by atoms with E-state index in [1.54, 1.807) is 25.6 Å². The second-order valence-electron chi connectivity index (χ2n) is 5.94. The van der Waals surface area contributed by atoms with Gasteiger partial charge in [-0.3, -0.25) is 9.78 Å². The molecule has 134 valence electrons. The molecule has 1 aliphatic heterocycles. The first-order valence-electron chi connectivity index (χ1n) is 8.25. The van der Waals surface area contributed by atoms with Gasteiger partial charge in [-0.1, -0.05) is 6.07 Å². The van der Waals surface area contributed by atoms with Gasteiger partial charge in [-0.15, -0.1) is 0 Å². The summed E-state index contributed by atoms with van der Waals surface area (Å²) in [5.74, 6) is 1.63. The summed E-state index contributed by atoms with van der Waals surface area (Å²) < 4.78 is 17.7. The van der Waals surface area contributed by atoms with Crippen LogP contribution in [-0.4, -0.2) is 33.5 Å². The van der Waals surface area contributed by atoms with Crippen LogP contribution < -0.4 is 19.8 Å². The van der Waals surface area contributed by atoms with E-state index in [1.165, 1.54) is 10.6 Å². The molecule has 4 heterocycles. The molecule has 8 heteroatoms. The van der Waals surface area contributed by atoms with E-state index in [9.17, 15) is 4.79 Å². The van der Waals surface area contributed by atoms with E-state index >= 15 is 0 Å². The molecule has 0 saturated carbocycles. The summed E-state index contributed by atoms with van der Waals surface area (Å²) in [6, 6.07) is 10.7. The van der Waals surface area contributed by atoms with Crippen molar-refractivity contribution >= 4 is 5.65 Å². The van der Waals surface area contributed by atoms with E-state index in [0.717, 1.165) is 11.3 Å². The van der Waals surface area contributed by atoms with Gasteiger partial charge < -0.3 is 19.2 Å². The second-order valence-corrected chi connectivity index (χ2v) is 5.94. The quantitative estimate of drug-likeness (QED) is 0.602. The SMILES string of the molecule is COc1c(-c2cc(=O)n3ncc(-c4ccccn4)c3[nH]2)ccc2c1OCO2. The molecule has 3 aromatic heterocycles. The fourth-order valence-electron chi connectivity index (χ4n) is 3.20. The van der Waals surface area contributed by atoms with Crippen molar-refractivity contribution in [2.45, 2.75) is 0 Å². The van der Waals surface area contributed by atoms with Gasteiger partial charge in [0.25, 0.3) is 5.56 Å². The zero-order valence-electron chi connectivity index (χ0n) is 14.3. The Morgan fingerprint density at radius 3 is 2.93 bits per heavy atom. The molecule has 0 saturated heterocycles. The highest BCUT2D eigenvalue weighted by Crippen LogP contribution is 2.46. The summed E-state index contributed by atoms with van der Waals surface area (Å²) in [7, 11) is 1.55. The normalized spacial score (nSPS) is 12.5. The Hall–Kier alpha value is -3.81. The molecule has 1 N–H and O–H groups in total. The van der Waals surface area contributed by atoms with Gasteiger partial charge in [0.1, 0.15) is 5.65 Å². The molecule has 0 amide bonds. The van der Waals surface area contributed by atoms with Crippen LogP contribution in [0, 0.1) is 0 Å². The van der Waals surface area contributed by atoms with Crippen molar-refractivity contribution < 1.29 is 14.2 Å². The first-order chi connectivity index (χ1) is 13.3. The van der Waals surface area contributed by atoms with Crippen LogP contribution in [-0.2, 0) is 0 Å². The van der Waals surface area contributed by atoms with E-state index in [4.69, 9.17) is 14.2 Å². The van der Waals surface area contributed by atoms with Crippen LogP contribution in [0.1, 0.15) is 0 Å². The van der Waals surface area contributed by atoms with Gasteiger partial charge in [0.15, 0.2) is 11.5 Å². The summed E-state index contributed by atoms with van der Waals surface area (Å²) >= 11 is 0. The second kappa shape index (κ2) is 5.87. The largest absolute Gasteiger partial charge is 0.492 e. The molecular weight excluding hydrogens is 348 g/mol. The number of fused-ring (bicyclic) bond motifs is 2. The number of hydrogen-bond acceptors (Lipinski definition) is 6. The van der Waals surface area contributed by atoms with Crippen molar-refractivity contribution in [1.29, 1.82) is 0 Å². The van der Waals surface area contributed by atoms with Crippen molar-refractivity contribution in [2.24, 2.45) is 0 Å². The first-order valence-corrected chi connectivity index (χ1v) is 8.25. The van der Waals surface area contributed by atoms with Gasteiger partial charge in [-0.2, -0.15) is 9.61 Å². The maximum absolute atomic E-state index is 12.6. The summed E-state index contributed by atoms with van der Waals surface area (Å²) in [6.45, 7) is 0.136. The van der Waals surface area contributed by atoms with Gasteiger partial charge in [-0.05, 0) is 24.3 Å². The number of H-pyrrole nitrogens is 1. The molecule has 0 spiro atoms. The maximum atomic E-state index is 12.6. The Morgan fingerprint density at radius 2 is 2.11 bits per heavy atom. The van der Waals surface area contributed by atoms with Gasteiger partial charge >= 0.3 is 0 Å². The van der Waals surface area contributed by atoms with Crippen LogP contribution >= 0.6 is 0 Å². The molecule has 8 nitrogen and oxygen atoms in total. The van der Waals surface area contributed by atoms with Crippen molar-refractivity contribution in [3.05, 3.63) is 59.1 Å². The Labute approximate surface area is 153 Å². The highest BCUT2D eigenvalue weighted by molar-refractivity contribution is 5.79. The lowest BCUT2D eigenvalue weighted by Gasteiger charge is -2.11. The van der Waals surface area contributed by atoms with Crippen molar-refractivity contribution in [3.8, 4) is 39.8 Å². The zero-order valence-corrected chi connectivity index (χ0v) is 14.3. The lowest BCUT2D eigenvalue weighted by Crippen LogP contribution is -2.14. The number of benzene rings is 1. The van der Waals surface area contributed by atoms with Gasteiger partial charge in [-0.25, -0.2) is 0 Å². The van der Waals surface area contributed by atoms with Gasteiger partial charge in [0, 0.05) is 17.8 Å². The number of nitrogens with zero attached hydrogens (tertiary/aromatic N) is 3. The fraction of sp³-hybridized carbons (Fsp3) is 0.105. The van der Waals surface area contributed by atoms with Crippen LogP contribution in [0.2, 0.25) is 0 Å². The third-order valence-electron chi connectivity index (χ3n) is 4.43. The third kappa shape index (κ3) is 2.34. The first kappa shape index (κ1) is 15.4. The van der Waals surface area contributed by atoms with Crippen molar-refractivity contribution in [1.82, 2.24) is 19.6 Å². The standard InChI is InChI=1S/C19H14N4O4/c1-25-17-11(5-6-15-18(17)27-10-26-15)14-8-16(24)23-19(22-14)12(9-21-23)13-4-2-3-7-20-13/h2-9,22H,10H2,1H3. The Kier molecular flexibility index (Phi) is 3.36. The van der Waals surface area contributed by atoms with Crippen LogP contribution in [0.5, 0.6) is 17.2 Å². The van der Waals surface area contributed by atoms with E-state index in [2.05, 4.69) is 15.1 Å². The monoisotopic (exact) mass is 362 g/mol. The number of methoxy groups -OCH3 is 1. The predicted molar refractivity (Wildman–Crippen MR) is 97.2 cm³/mol. The average molecular weight is 362 g/mol. The number of hydrogen-bond donors (Lipinski definition) is 1. The van der Waals surface area contributed by atoms with Crippen LogP contribution in [0.3, 0.4) is 0 Å². The molecule has 0 unspecified atom stereocenters. The minimum atomic E-state index is -0.263. The van der Waals surface area contributed by atoms with Crippen LogP contribution in [0.15, 0.2) is 53.6 Å². The molecule has 0 bridgehead atoms. The zero-order chi connectivity index (χ0) is 18.4. The molecular formula is C19H14N4O4. The summed E-state index contributed by atoms with van der Waals surface area (Å²) in [6.07, 6.45) is 3.32. The molecule has 5 rings (SSSR count). The lowest BCUT2D eigenvalue weighted by molar-refractivity contribution is 0.171. The Balaban J connectivity index is 1.75. The summed E-state index contributed by atoms with van der Waals surface area (Å²) in [4.78, 5) is 20.2. The topological polar surface area (TPSA) is 90.7 Å². The number of rotatable bonds is 3. The number of nitrogens with one attached hydrogen (secondary N) is 1. The Bertz CT molecular complexity index is 1210. The number of ether oxygens (including phenoxy) is 3. The molecule has 0 atom stereocenters. The number of aromatic amines is 1. The summed E-state index contributed by atoms with van der Waals surface area (Å²) in [5.41, 5.74) is 3.01. The van der Waals surface area contributed by atoms with Crippen LogP contribution in [0.25, 0.3) is 28.2 Å². The highest BCUT2D eigenvalue weighted by atomic mass is 16.7. The predicted octanol–water partition coefficient (Wildman–Crippen LogP) is 2.49. The molecule has 4 aromatic rings. The number of aromatic nitrogens is 4. The Morgan fingerprint density at radius 1 is 1.19 bits per heavy atom. The van der Waals surface area contributed by atoms with E-state index < -0.39 is 0 Å². The van der Waals surface area contributed by atoms with E-state index in [1.807, 2.05) is 24.3 Å². The summed E-state index contributed by atoms with van der Waals surface area (Å²) in [5, 5.41) is 4.19. The van der Waals surface area contributed by atoms with E-state index in [0.29, 0.717) is 34.2 Å². The van der Waals surface area contributed by atoms with Crippen molar-refractivity contribution in [2.75, 3.05) is 13.9 Å². The minimum Gasteiger partial charge on any atom is -0.492 e. The third-order valence-corrected chi connectivity index (χ3v) is 4.43. The fourth-order valence-corrected chi connectivity index (χ4v) is 3.20. The molecule has 1 aromatic carbocycles. The molecule has 0 fully saturated rings. The molecule has 0 radical (unpaired) electrons. The van der Waals surface area contributed by atoms with Gasteiger partial charge in [0.05, 0.1) is 30.3 Å². The number of pyridine rings is 1. The molecule has 27 heavy (non-hydrogen) atoms. The smallest absolute Gasteiger partial charge is 0.274 e. The lowest BCUT2D eigenvalue weighted by atomic mass is 10.1. The molecule has 0 aliphatic carbocycles. The van der Waals surface area contributed by atoms with Gasteiger partial charge in [0.2, 0.25) is 12.5 Å². The minimum absolute atomic E-state index is 0.136. The maximum Gasteiger partial charge on any atom is 0.274 e. The van der Waals surface area contributed by atoms with Crippen molar-refractivity contribution in [3.63, 3.8) is 0 Å². The van der Waals surface area contributed by atoms with Crippen LogP contribution in [0.4, 0.5) is 0 Å². The highest BCUT2D eigenvalue weighted by Gasteiger charge is 2.23.